The fraction of sp³-hybridized carbons (Fsp3) is 0.800. The maximum Gasteiger partial charge on any atom is 0.404 e. The summed E-state index contributed by atoms with van der Waals surface area (Å²) in [5.74, 6) is 0.0765. The van der Waals surface area contributed by atoms with Gasteiger partial charge in [-0.05, 0) is 6.42 Å². The fourth-order valence-electron chi connectivity index (χ4n) is 1.74. The van der Waals surface area contributed by atoms with Crippen LogP contribution in [0.3, 0.4) is 0 Å². The van der Waals surface area contributed by atoms with E-state index in [1.807, 2.05) is 0 Å². The number of hydrogen-bond donors (Lipinski definition) is 1. The first-order chi connectivity index (χ1) is 7.63. The molecule has 1 atom stereocenters. The van der Waals surface area contributed by atoms with Crippen molar-refractivity contribution in [3.05, 3.63) is 0 Å². The van der Waals surface area contributed by atoms with Gasteiger partial charge in [0.05, 0.1) is 6.54 Å². The number of nitrogens with zero attached hydrogens (tertiary/aromatic N) is 1. The lowest BCUT2D eigenvalue weighted by atomic mass is 10.3. The molecule has 1 aliphatic rings. The quantitative estimate of drug-likeness (QED) is 0.679. The van der Waals surface area contributed by atoms with E-state index in [4.69, 9.17) is 15.2 Å². The molecule has 0 aromatic carbocycles. The first-order valence-corrected chi connectivity index (χ1v) is 5.36. The summed E-state index contributed by atoms with van der Waals surface area (Å²) in [7, 11) is 1.61. The van der Waals surface area contributed by atoms with E-state index in [2.05, 4.69) is 0 Å². The van der Waals surface area contributed by atoms with Gasteiger partial charge in [0.1, 0.15) is 6.10 Å². The highest BCUT2D eigenvalue weighted by Gasteiger charge is 2.27. The molecule has 6 heteroatoms. The summed E-state index contributed by atoms with van der Waals surface area (Å²) < 4.78 is 9.71. The van der Waals surface area contributed by atoms with Crippen LogP contribution in [-0.2, 0) is 14.3 Å². The van der Waals surface area contributed by atoms with Gasteiger partial charge < -0.3 is 20.1 Å². The Labute approximate surface area is 94.7 Å². The fourth-order valence-corrected chi connectivity index (χ4v) is 1.74. The van der Waals surface area contributed by atoms with Crippen molar-refractivity contribution >= 4 is 12.0 Å². The van der Waals surface area contributed by atoms with Crippen LogP contribution in [0.15, 0.2) is 0 Å². The first-order valence-electron chi connectivity index (χ1n) is 5.36. The van der Waals surface area contributed by atoms with Gasteiger partial charge in [-0.1, -0.05) is 0 Å². The minimum Gasteiger partial charge on any atom is -0.444 e. The molecule has 1 heterocycles. The Morgan fingerprint density at radius 3 is 2.88 bits per heavy atom. The van der Waals surface area contributed by atoms with Crippen molar-refractivity contribution in [1.29, 1.82) is 0 Å². The number of likely N-dealkylation sites (tertiary alicyclic amines) is 1. The maximum atomic E-state index is 11.7. The van der Waals surface area contributed by atoms with Crippen LogP contribution >= 0.6 is 0 Å². The monoisotopic (exact) mass is 230 g/mol. The lowest BCUT2D eigenvalue weighted by Crippen LogP contribution is -2.31. The molecule has 2 amide bonds. The summed E-state index contributed by atoms with van der Waals surface area (Å²) in [4.78, 5) is 23.9. The third kappa shape index (κ3) is 4.06. The summed E-state index contributed by atoms with van der Waals surface area (Å²) in [6.45, 7) is 1.67. The smallest absolute Gasteiger partial charge is 0.404 e. The molecule has 0 aromatic heterocycles. The van der Waals surface area contributed by atoms with Gasteiger partial charge in [-0.3, -0.25) is 4.79 Å². The molecule has 0 saturated carbocycles. The number of carbonyl (C=O) groups is 2. The van der Waals surface area contributed by atoms with E-state index < -0.39 is 6.09 Å². The number of ether oxygens (including phenoxy) is 2. The summed E-state index contributed by atoms with van der Waals surface area (Å²) in [6.07, 6.45) is 0.825. The zero-order valence-electron chi connectivity index (χ0n) is 9.48. The third-order valence-corrected chi connectivity index (χ3v) is 2.52. The molecule has 0 aromatic rings. The Balaban J connectivity index is 2.24. The molecule has 1 saturated heterocycles. The zero-order chi connectivity index (χ0) is 12.0. The first kappa shape index (κ1) is 12.8. The van der Waals surface area contributed by atoms with Gasteiger partial charge in [-0.25, -0.2) is 4.79 Å². The number of rotatable bonds is 5. The Morgan fingerprint density at radius 2 is 2.25 bits per heavy atom. The molecular weight excluding hydrogens is 212 g/mol. The molecule has 92 valence electrons. The predicted octanol–water partition coefficient (Wildman–Crippen LogP) is 0.109. The second-order valence-corrected chi connectivity index (χ2v) is 3.78. The van der Waals surface area contributed by atoms with E-state index in [0.29, 0.717) is 39.0 Å². The van der Waals surface area contributed by atoms with Crippen LogP contribution < -0.4 is 5.73 Å². The van der Waals surface area contributed by atoms with Gasteiger partial charge in [-0.15, -0.1) is 0 Å². The van der Waals surface area contributed by atoms with Crippen LogP contribution in [0.4, 0.5) is 4.79 Å². The molecular formula is C10H18N2O4. The van der Waals surface area contributed by atoms with E-state index >= 15 is 0 Å². The van der Waals surface area contributed by atoms with Crippen LogP contribution in [0.2, 0.25) is 0 Å². The second kappa shape index (κ2) is 6.32. The Morgan fingerprint density at radius 1 is 1.50 bits per heavy atom. The molecule has 1 aliphatic heterocycles. The number of carbonyl (C=O) groups excluding carboxylic acids is 2. The van der Waals surface area contributed by atoms with E-state index in [0.717, 1.165) is 0 Å². The number of amides is 2. The lowest BCUT2D eigenvalue weighted by molar-refractivity contribution is -0.130. The molecule has 16 heavy (non-hydrogen) atoms. The van der Waals surface area contributed by atoms with Crippen molar-refractivity contribution in [1.82, 2.24) is 4.90 Å². The largest absolute Gasteiger partial charge is 0.444 e. The zero-order valence-corrected chi connectivity index (χ0v) is 9.48. The maximum absolute atomic E-state index is 11.7. The minimum absolute atomic E-state index is 0.0765. The van der Waals surface area contributed by atoms with Crippen molar-refractivity contribution < 1.29 is 19.1 Å². The van der Waals surface area contributed by atoms with Crippen molar-refractivity contribution in [2.24, 2.45) is 5.73 Å². The SMILES string of the molecule is COCCCC(=O)N1CC[C@H](OC(N)=O)C1. The Bertz CT molecular complexity index is 257. The molecule has 0 aliphatic carbocycles. The van der Waals surface area contributed by atoms with E-state index in [1.165, 1.54) is 0 Å². The Kier molecular flexibility index (Phi) is 5.04. The van der Waals surface area contributed by atoms with E-state index in [9.17, 15) is 9.59 Å². The highest BCUT2D eigenvalue weighted by atomic mass is 16.6. The van der Waals surface area contributed by atoms with E-state index in [1.54, 1.807) is 12.0 Å². The molecule has 0 radical (unpaired) electrons. The van der Waals surface area contributed by atoms with Crippen molar-refractivity contribution in [2.75, 3.05) is 26.8 Å². The number of nitrogens with two attached hydrogens (primary N) is 1. The minimum atomic E-state index is -0.779. The Hall–Kier alpha value is -1.30. The molecule has 0 bridgehead atoms. The van der Waals surface area contributed by atoms with Crippen LogP contribution in [0.25, 0.3) is 0 Å². The second-order valence-electron chi connectivity index (χ2n) is 3.78. The van der Waals surface area contributed by atoms with Gasteiger partial charge in [0.25, 0.3) is 0 Å². The highest BCUT2D eigenvalue weighted by Crippen LogP contribution is 2.14. The van der Waals surface area contributed by atoms with Crippen molar-refractivity contribution in [3.63, 3.8) is 0 Å². The standard InChI is InChI=1S/C10H18N2O4/c1-15-6-2-3-9(13)12-5-4-8(7-12)16-10(11)14/h8H,2-7H2,1H3,(H2,11,14)/t8-/m0/s1. The highest BCUT2D eigenvalue weighted by molar-refractivity contribution is 5.76. The van der Waals surface area contributed by atoms with Gasteiger partial charge in [-0.2, -0.15) is 0 Å². The van der Waals surface area contributed by atoms with Gasteiger partial charge in [0, 0.05) is 33.1 Å². The topological polar surface area (TPSA) is 81.9 Å². The number of hydrogen-bond acceptors (Lipinski definition) is 4. The summed E-state index contributed by atoms with van der Waals surface area (Å²) in [5.41, 5.74) is 4.91. The van der Waals surface area contributed by atoms with Crippen molar-refractivity contribution in [3.8, 4) is 0 Å². The van der Waals surface area contributed by atoms with Gasteiger partial charge in [0.15, 0.2) is 0 Å². The lowest BCUT2D eigenvalue weighted by Gasteiger charge is -2.16. The molecule has 0 spiro atoms. The normalized spacial score (nSPS) is 19.8. The predicted molar refractivity (Wildman–Crippen MR) is 56.8 cm³/mol. The number of primary amides is 1. The van der Waals surface area contributed by atoms with Gasteiger partial charge >= 0.3 is 6.09 Å². The average Bonchev–Trinajstić information content (AvgIpc) is 2.65. The molecule has 6 nitrogen and oxygen atoms in total. The van der Waals surface area contributed by atoms with Crippen LogP contribution in [0, 0.1) is 0 Å². The van der Waals surface area contributed by atoms with Crippen molar-refractivity contribution in [2.45, 2.75) is 25.4 Å². The molecule has 1 fully saturated rings. The van der Waals surface area contributed by atoms with E-state index in [-0.39, 0.29) is 12.0 Å². The summed E-state index contributed by atoms with van der Waals surface area (Å²) in [5, 5.41) is 0. The van der Waals surface area contributed by atoms with Gasteiger partial charge in [0.2, 0.25) is 5.91 Å². The number of methoxy groups -OCH3 is 1. The molecule has 0 unspecified atom stereocenters. The summed E-state index contributed by atoms with van der Waals surface area (Å²) in [6, 6.07) is 0. The van der Waals surface area contributed by atoms with Crippen LogP contribution in [0.5, 0.6) is 0 Å². The third-order valence-electron chi connectivity index (χ3n) is 2.52. The van der Waals surface area contributed by atoms with Crippen LogP contribution in [-0.4, -0.2) is 49.8 Å². The molecule has 2 N–H and O–H groups in total. The summed E-state index contributed by atoms with van der Waals surface area (Å²) >= 11 is 0. The van der Waals surface area contributed by atoms with Crippen LogP contribution in [0.1, 0.15) is 19.3 Å². The molecule has 1 rings (SSSR count). The average molecular weight is 230 g/mol.